The topological polar surface area (TPSA) is 38.3 Å². The molecule has 1 aromatic rings. The third kappa shape index (κ3) is 2.95. The standard InChI is InChI=1S/C16H25N3O/c1-2-3-4-5-10-20-16-15(17-7-8-18-16)14-12-19-9-6-13(14)11-19/h7-8,13-14H,2-6,9-12H2,1H3/t13-,14+/m0/s1. The minimum Gasteiger partial charge on any atom is -0.476 e. The lowest BCUT2D eigenvalue weighted by atomic mass is 9.90. The van der Waals surface area contributed by atoms with Gasteiger partial charge in [-0.3, -0.25) is 4.98 Å². The molecule has 110 valence electrons. The molecule has 2 aliphatic heterocycles. The summed E-state index contributed by atoms with van der Waals surface area (Å²) < 4.78 is 5.91. The molecule has 2 fully saturated rings. The Morgan fingerprint density at radius 3 is 2.85 bits per heavy atom. The van der Waals surface area contributed by atoms with Crippen LogP contribution in [0.3, 0.4) is 0 Å². The second-order valence-corrected chi connectivity index (χ2v) is 6.07. The maximum absolute atomic E-state index is 5.91. The van der Waals surface area contributed by atoms with Gasteiger partial charge in [-0.1, -0.05) is 26.2 Å². The Morgan fingerprint density at radius 1 is 1.20 bits per heavy atom. The Morgan fingerprint density at radius 2 is 2.10 bits per heavy atom. The van der Waals surface area contributed by atoms with Crippen LogP contribution in [-0.4, -0.2) is 41.1 Å². The maximum Gasteiger partial charge on any atom is 0.235 e. The van der Waals surface area contributed by atoms with E-state index in [1.165, 1.54) is 38.8 Å². The van der Waals surface area contributed by atoms with Gasteiger partial charge in [0.2, 0.25) is 5.88 Å². The van der Waals surface area contributed by atoms with E-state index in [0.29, 0.717) is 5.92 Å². The monoisotopic (exact) mass is 275 g/mol. The molecule has 2 aliphatic rings. The summed E-state index contributed by atoms with van der Waals surface area (Å²) >= 11 is 0. The zero-order valence-corrected chi connectivity index (χ0v) is 12.4. The summed E-state index contributed by atoms with van der Waals surface area (Å²) in [7, 11) is 0. The van der Waals surface area contributed by atoms with E-state index in [0.717, 1.165) is 37.1 Å². The zero-order chi connectivity index (χ0) is 13.8. The van der Waals surface area contributed by atoms with Gasteiger partial charge >= 0.3 is 0 Å². The molecule has 0 spiro atoms. The van der Waals surface area contributed by atoms with Gasteiger partial charge < -0.3 is 9.64 Å². The fraction of sp³-hybridized carbons (Fsp3) is 0.750. The van der Waals surface area contributed by atoms with Crippen LogP contribution in [0.1, 0.15) is 50.6 Å². The van der Waals surface area contributed by atoms with Crippen LogP contribution >= 0.6 is 0 Å². The number of unbranched alkanes of at least 4 members (excludes halogenated alkanes) is 3. The van der Waals surface area contributed by atoms with Crippen molar-refractivity contribution in [1.82, 2.24) is 14.9 Å². The fourth-order valence-electron chi connectivity index (χ4n) is 3.49. The molecule has 3 atom stereocenters. The van der Waals surface area contributed by atoms with Crippen LogP contribution in [0, 0.1) is 5.92 Å². The predicted octanol–water partition coefficient (Wildman–Crippen LogP) is 2.85. The van der Waals surface area contributed by atoms with Crippen LogP contribution in [0.5, 0.6) is 5.88 Å². The van der Waals surface area contributed by atoms with Gasteiger partial charge in [0.15, 0.2) is 0 Å². The van der Waals surface area contributed by atoms with Gasteiger partial charge in [0.05, 0.1) is 6.61 Å². The first kappa shape index (κ1) is 13.8. The van der Waals surface area contributed by atoms with E-state index in [9.17, 15) is 0 Å². The highest BCUT2D eigenvalue weighted by Crippen LogP contribution is 2.41. The van der Waals surface area contributed by atoms with E-state index in [2.05, 4.69) is 21.8 Å². The summed E-state index contributed by atoms with van der Waals surface area (Å²) in [6, 6.07) is 0. The lowest BCUT2D eigenvalue weighted by Crippen LogP contribution is -2.23. The van der Waals surface area contributed by atoms with E-state index >= 15 is 0 Å². The molecule has 0 N–H and O–H groups in total. The molecule has 1 aromatic heterocycles. The molecule has 2 saturated heterocycles. The molecular formula is C16H25N3O. The minimum atomic E-state index is 0.531. The summed E-state index contributed by atoms with van der Waals surface area (Å²) in [5.41, 5.74) is 1.09. The molecule has 4 nitrogen and oxygen atoms in total. The second-order valence-electron chi connectivity index (χ2n) is 6.07. The first-order valence-corrected chi connectivity index (χ1v) is 8.04. The molecule has 0 aromatic carbocycles. The largest absolute Gasteiger partial charge is 0.476 e. The number of fused-ring (bicyclic) bond motifs is 2. The number of hydrogen-bond acceptors (Lipinski definition) is 4. The van der Waals surface area contributed by atoms with Crippen LogP contribution in [0.25, 0.3) is 0 Å². The predicted molar refractivity (Wildman–Crippen MR) is 79.0 cm³/mol. The van der Waals surface area contributed by atoms with Crippen molar-refractivity contribution in [2.24, 2.45) is 5.92 Å². The Bertz CT molecular complexity index is 437. The molecule has 20 heavy (non-hydrogen) atoms. The van der Waals surface area contributed by atoms with E-state index in [4.69, 9.17) is 4.74 Å². The molecule has 2 bridgehead atoms. The lowest BCUT2D eigenvalue weighted by molar-refractivity contribution is 0.279. The van der Waals surface area contributed by atoms with Crippen molar-refractivity contribution in [3.8, 4) is 5.88 Å². The first-order valence-electron chi connectivity index (χ1n) is 8.04. The average molecular weight is 275 g/mol. The highest BCUT2D eigenvalue weighted by atomic mass is 16.5. The molecule has 0 radical (unpaired) electrons. The first-order chi connectivity index (χ1) is 9.88. The molecule has 0 amide bonds. The van der Waals surface area contributed by atoms with Crippen molar-refractivity contribution >= 4 is 0 Å². The number of nitrogens with zero attached hydrogens (tertiary/aromatic N) is 3. The number of rotatable bonds is 7. The van der Waals surface area contributed by atoms with Gasteiger partial charge in [0, 0.05) is 31.4 Å². The third-order valence-electron chi connectivity index (χ3n) is 4.61. The van der Waals surface area contributed by atoms with E-state index in [-0.39, 0.29) is 0 Å². The van der Waals surface area contributed by atoms with Gasteiger partial charge in [-0.05, 0) is 25.3 Å². The second kappa shape index (κ2) is 6.53. The van der Waals surface area contributed by atoms with Crippen molar-refractivity contribution < 1.29 is 4.74 Å². The molecule has 1 unspecified atom stereocenters. The maximum atomic E-state index is 5.91. The minimum absolute atomic E-state index is 0.531. The van der Waals surface area contributed by atoms with Crippen LogP contribution < -0.4 is 4.74 Å². The molecular weight excluding hydrogens is 250 g/mol. The molecule has 0 aliphatic carbocycles. The number of aromatic nitrogens is 2. The van der Waals surface area contributed by atoms with E-state index in [1.807, 2.05) is 0 Å². The lowest BCUT2D eigenvalue weighted by Gasteiger charge is -2.22. The van der Waals surface area contributed by atoms with Crippen molar-refractivity contribution in [2.75, 3.05) is 26.2 Å². The van der Waals surface area contributed by atoms with E-state index < -0.39 is 0 Å². The number of piperidine rings is 1. The quantitative estimate of drug-likeness (QED) is 0.717. The Labute approximate surface area is 121 Å². The van der Waals surface area contributed by atoms with Crippen LogP contribution in [0.4, 0.5) is 0 Å². The van der Waals surface area contributed by atoms with Gasteiger partial charge in [-0.15, -0.1) is 0 Å². The third-order valence-corrected chi connectivity index (χ3v) is 4.61. The number of ether oxygens (including phenoxy) is 1. The summed E-state index contributed by atoms with van der Waals surface area (Å²) in [5.74, 6) is 2.07. The fourth-order valence-corrected chi connectivity index (χ4v) is 3.49. The highest BCUT2D eigenvalue weighted by molar-refractivity contribution is 5.25. The van der Waals surface area contributed by atoms with Crippen molar-refractivity contribution in [3.05, 3.63) is 18.1 Å². The summed E-state index contributed by atoms with van der Waals surface area (Å²) in [6.07, 6.45) is 9.76. The van der Waals surface area contributed by atoms with Gasteiger partial charge in [-0.2, -0.15) is 0 Å². The summed E-state index contributed by atoms with van der Waals surface area (Å²) in [6.45, 7) is 6.63. The number of hydrogen-bond donors (Lipinski definition) is 0. The molecule has 4 heteroatoms. The Hall–Kier alpha value is -1.16. The van der Waals surface area contributed by atoms with Crippen LogP contribution in [0.2, 0.25) is 0 Å². The van der Waals surface area contributed by atoms with E-state index in [1.54, 1.807) is 12.4 Å². The normalized spacial score (nSPS) is 27.9. The molecule has 3 rings (SSSR count). The van der Waals surface area contributed by atoms with Crippen LogP contribution in [0.15, 0.2) is 12.4 Å². The van der Waals surface area contributed by atoms with Crippen molar-refractivity contribution in [1.29, 1.82) is 0 Å². The van der Waals surface area contributed by atoms with Crippen molar-refractivity contribution in [2.45, 2.75) is 44.9 Å². The van der Waals surface area contributed by atoms with Crippen molar-refractivity contribution in [3.63, 3.8) is 0 Å². The molecule has 0 saturated carbocycles. The van der Waals surface area contributed by atoms with Crippen LogP contribution in [-0.2, 0) is 0 Å². The van der Waals surface area contributed by atoms with Gasteiger partial charge in [0.25, 0.3) is 0 Å². The zero-order valence-electron chi connectivity index (χ0n) is 12.4. The smallest absolute Gasteiger partial charge is 0.235 e. The van der Waals surface area contributed by atoms with Gasteiger partial charge in [0.1, 0.15) is 5.69 Å². The average Bonchev–Trinajstić information content (AvgIpc) is 3.10. The summed E-state index contributed by atoms with van der Waals surface area (Å²) in [4.78, 5) is 11.5. The Balaban J connectivity index is 1.60. The Kier molecular flexibility index (Phi) is 4.51. The summed E-state index contributed by atoms with van der Waals surface area (Å²) in [5, 5.41) is 0. The SMILES string of the molecule is CCCCCCOc1nccnc1[C@@H]1CN2CC[C@H]1C2. The molecule has 3 heterocycles. The van der Waals surface area contributed by atoms with Gasteiger partial charge in [-0.25, -0.2) is 4.98 Å². The highest BCUT2D eigenvalue weighted by Gasteiger charge is 2.40.